The molecule has 0 saturated carbocycles. The third-order valence-electron chi connectivity index (χ3n) is 5.68. The molecule has 2 aromatic rings. The first-order chi connectivity index (χ1) is 14.5. The van der Waals surface area contributed by atoms with Crippen LogP contribution in [0.25, 0.3) is 0 Å². The number of hydrogen-bond donors (Lipinski definition) is 0. The topological polar surface area (TPSA) is 57.7 Å². The van der Waals surface area contributed by atoms with E-state index >= 15 is 0 Å². The number of aryl methyl sites for hydroxylation is 1. The second-order valence-electron chi connectivity index (χ2n) is 7.92. The predicted molar refractivity (Wildman–Crippen MR) is 119 cm³/mol. The number of benzene rings is 2. The molecule has 0 N–H and O–H groups in total. The first-order valence-corrected chi connectivity index (χ1v) is 11.4. The van der Waals surface area contributed by atoms with E-state index in [1.165, 1.54) is 16.7 Å². The fraction of sp³-hybridized carbons (Fsp3) is 0.375. The normalized spacial score (nSPS) is 19.8. The third kappa shape index (κ3) is 4.29. The molecule has 30 heavy (non-hydrogen) atoms. The number of imide groups is 1. The van der Waals surface area contributed by atoms with Crippen molar-refractivity contribution >= 4 is 35.2 Å². The lowest BCUT2D eigenvalue weighted by Crippen LogP contribution is -2.32. The average molecular weight is 423 g/mol. The van der Waals surface area contributed by atoms with Crippen LogP contribution in [0.4, 0.5) is 5.69 Å². The molecule has 3 amide bonds. The van der Waals surface area contributed by atoms with Gasteiger partial charge in [-0.15, -0.1) is 11.8 Å². The maximum absolute atomic E-state index is 13.2. The first-order valence-electron chi connectivity index (χ1n) is 10.5. The van der Waals surface area contributed by atoms with Crippen molar-refractivity contribution in [2.45, 2.75) is 49.2 Å². The summed E-state index contributed by atoms with van der Waals surface area (Å²) in [6.07, 6.45) is 4.52. The standard InChI is InChI=1S/C24H26N2O3S/c1-17-10-12-18(13-11-17)26-22(27)16-21(24(26)29)30-20-9-5-4-8-19(20)23(28)25-14-6-2-3-7-15-25/h4-5,8-13,21H,2-3,6-7,14-16H2,1H3. The van der Waals surface area contributed by atoms with Gasteiger partial charge in [-0.2, -0.15) is 0 Å². The highest BCUT2D eigenvalue weighted by molar-refractivity contribution is 8.00. The van der Waals surface area contributed by atoms with Gasteiger partial charge >= 0.3 is 0 Å². The Balaban J connectivity index is 1.53. The summed E-state index contributed by atoms with van der Waals surface area (Å²) in [5, 5.41) is -0.517. The molecule has 2 aliphatic rings. The van der Waals surface area contributed by atoms with Crippen LogP contribution in [0.5, 0.6) is 0 Å². The van der Waals surface area contributed by atoms with E-state index in [1.807, 2.05) is 48.2 Å². The van der Waals surface area contributed by atoms with Crippen LogP contribution in [-0.2, 0) is 9.59 Å². The van der Waals surface area contributed by atoms with Crippen LogP contribution in [0.1, 0.15) is 48.0 Å². The molecule has 0 bridgehead atoms. The summed E-state index contributed by atoms with van der Waals surface area (Å²) in [5.74, 6) is -0.393. The Bertz CT molecular complexity index is 949. The van der Waals surface area contributed by atoms with Crippen molar-refractivity contribution in [1.82, 2.24) is 4.90 Å². The highest BCUT2D eigenvalue weighted by atomic mass is 32.2. The van der Waals surface area contributed by atoms with E-state index in [9.17, 15) is 14.4 Å². The molecular weight excluding hydrogens is 396 g/mol. The van der Waals surface area contributed by atoms with Crippen LogP contribution in [-0.4, -0.2) is 41.0 Å². The molecule has 0 aromatic heterocycles. The van der Waals surface area contributed by atoms with Crippen LogP contribution >= 0.6 is 11.8 Å². The summed E-state index contributed by atoms with van der Waals surface area (Å²) >= 11 is 1.33. The van der Waals surface area contributed by atoms with Gasteiger partial charge in [0.1, 0.15) is 0 Å². The van der Waals surface area contributed by atoms with Crippen molar-refractivity contribution in [2.75, 3.05) is 18.0 Å². The van der Waals surface area contributed by atoms with Gasteiger partial charge in [-0.1, -0.05) is 42.7 Å². The van der Waals surface area contributed by atoms with E-state index in [0.29, 0.717) is 11.3 Å². The number of anilines is 1. The molecule has 4 rings (SSSR count). The quantitative estimate of drug-likeness (QED) is 0.684. The molecule has 2 saturated heterocycles. The average Bonchev–Trinajstić information content (AvgIpc) is 2.93. The lowest BCUT2D eigenvalue weighted by atomic mass is 10.2. The molecule has 1 atom stereocenters. The van der Waals surface area contributed by atoms with Crippen molar-refractivity contribution in [1.29, 1.82) is 0 Å². The Hall–Kier alpha value is -2.60. The van der Waals surface area contributed by atoms with Gasteiger partial charge < -0.3 is 4.90 Å². The van der Waals surface area contributed by atoms with Crippen molar-refractivity contribution in [2.24, 2.45) is 0 Å². The highest BCUT2D eigenvalue weighted by Gasteiger charge is 2.40. The van der Waals surface area contributed by atoms with Crippen LogP contribution in [0.2, 0.25) is 0 Å². The SMILES string of the molecule is Cc1ccc(N2C(=O)CC(Sc3ccccc3C(=O)N3CCCCCC3)C2=O)cc1. The second kappa shape index (κ2) is 9.04. The number of thioether (sulfide) groups is 1. The third-order valence-corrected chi connectivity index (χ3v) is 6.94. The van der Waals surface area contributed by atoms with Crippen molar-refractivity contribution in [3.63, 3.8) is 0 Å². The van der Waals surface area contributed by atoms with Gasteiger partial charge in [0, 0.05) is 24.4 Å². The summed E-state index contributed by atoms with van der Waals surface area (Å²) in [7, 11) is 0. The maximum Gasteiger partial charge on any atom is 0.254 e. The molecule has 2 aliphatic heterocycles. The number of likely N-dealkylation sites (tertiary alicyclic amines) is 1. The number of nitrogens with zero attached hydrogens (tertiary/aromatic N) is 2. The summed E-state index contributed by atoms with van der Waals surface area (Å²) in [6.45, 7) is 3.52. The molecule has 2 heterocycles. The Morgan fingerprint density at radius 3 is 2.30 bits per heavy atom. The number of amides is 3. The highest BCUT2D eigenvalue weighted by Crippen LogP contribution is 2.36. The maximum atomic E-state index is 13.2. The van der Waals surface area contributed by atoms with Gasteiger partial charge in [0.2, 0.25) is 11.8 Å². The van der Waals surface area contributed by atoms with Gasteiger partial charge in [0.25, 0.3) is 5.91 Å². The zero-order valence-corrected chi connectivity index (χ0v) is 18.0. The van der Waals surface area contributed by atoms with E-state index in [1.54, 1.807) is 12.1 Å². The van der Waals surface area contributed by atoms with E-state index in [2.05, 4.69) is 0 Å². The Morgan fingerprint density at radius 1 is 0.933 bits per heavy atom. The van der Waals surface area contributed by atoms with Gasteiger partial charge in [0.15, 0.2) is 0 Å². The number of rotatable bonds is 4. The zero-order valence-electron chi connectivity index (χ0n) is 17.2. The Kier molecular flexibility index (Phi) is 6.23. The molecule has 0 radical (unpaired) electrons. The Labute approximate surface area is 181 Å². The minimum atomic E-state index is -0.517. The molecule has 5 nitrogen and oxygen atoms in total. The second-order valence-corrected chi connectivity index (χ2v) is 9.16. The van der Waals surface area contributed by atoms with Crippen LogP contribution in [0.3, 0.4) is 0 Å². The molecule has 156 valence electrons. The number of hydrogen-bond acceptors (Lipinski definition) is 4. The fourth-order valence-corrected chi connectivity index (χ4v) is 5.18. The van der Waals surface area contributed by atoms with E-state index in [0.717, 1.165) is 49.2 Å². The molecule has 0 spiro atoms. The van der Waals surface area contributed by atoms with Gasteiger partial charge in [0.05, 0.1) is 16.5 Å². The largest absolute Gasteiger partial charge is 0.339 e. The smallest absolute Gasteiger partial charge is 0.254 e. The summed E-state index contributed by atoms with van der Waals surface area (Å²) < 4.78 is 0. The van der Waals surface area contributed by atoms with Crippen molar-refractivity contribution in [3.05, 3.63) is 59.7 Å². The molecule has 1 unspecified atom stereocenters. The molecule has 0 aliphatic carbocycles. The molecular formula is C24H26N2O3S. The molecule has 2 aromatic carbocycles. The number of carbonyl (C=O) groups excluding carboxylic acids is 3. The molecule has 6 heteroatoms. The predicted octanol–water partition coefficient (Wildman–Crippen LogP) is 4.44. The zero-order chi connectivity index (χ0) is 21.1. The summed E-state index contributed by atoms with van der Waals surface area (Å²) in [4.78, 5) is 42.7. The fourth-order valence-electron chi connectivity index (χ4n) is 4.00. The van der Waals surface area contributed by atoms with E-state index < -0.39 is 5.25 Å². The van der Waals surface area contributed by atoms with Crippen LogP contribution in [0, 0.1) is 6.92 Å². The van der Waals surface area contributed by atoms with Crippen LogP contribution < -0.4 is 4.90 Å². The van der Waals surface area contributed by atoms with Gasteiger partial charge in [-0.3, -0.25) is 14.4 Å². The number of carbonyl (C=O) groups is 3. The van der Waals surface area contributed by atoms with Gasteiger partial charge in [-0.25, -0.2) is 4.90 Å². The van der Waals surface area contributed by atoms with Crippen molar-refractivity contribution < 1.29 is 14.4 Å². The Morgan fingerprint density at radius 2 is 1.60 bits per heavy atom. The minimum Gasteiger partial charge on any atom is -0.339 e. The van der Waals surface area contributed by atoms with Crippen molar-refractivity contribution in [3.8, 4) is 0 Å². The van der Waals surface area contributed by atoms with E-state index in [4.69, 9.17) is 0 Å². The lowest BCUT2D eigenvalue weighted by Gasteiger charge is -2.22. The summed E-state index contributed by atoms with van der Waals surface area (Å²) in [5.41, 5.74) is 2.30. The minimum absolute atomic E-state index is 0.0205. The monoisotopic (exact) mass is 422 g/mol. The first kappa shape index (κ1) is 20.7. The van der Waals surface area contributed by atoms with Gasteiger partial charge in [-0.05, 0) is 44.0 Å². The summed E-state index contributed by atoms with van der Waals surface area (Å²) in [6, 6.07) is 14.8. The van der Waals surface area contributed by atoms with E-state index in [-0.39, 0.29) is 24.1 Å². The lowest BCUT2D eigenvalue weighted by molar-refractivity contribution is -0.121. The molecule has 2 fully saturated rings. The van der Waals surface area contributed by atoms with Crippen LogP contribution in [0.15, 0.2) is 53.4 Å².